The molecule has 1 aromatic carbocycles. The van der Waals surface area contributed by atoms with Crippen molar-refractivity contribution in [1.29, 1.82) is 0 Å². The number of methoxy groups -OCH3 is 1. The Hall–Kier alpha value is -3.48. The van der Waals surface area contributed by atoms with Crippen molar-refractivity contribution in [2.45, 2.75) is 12.8 Å². The number of hydrogen-bond acceptors (Lipinski definition) is 6. The topological polar surface area (TPSA) is 71.5 Å². The van der Waals surface area contributed by atoms with Gasteiger partial charge in [-0.05, 0) is 48.4 Å². The second-order valence-corrected chi connectivity index (χ2v) is 7.23. The van der Waals surface area contributed by atoms with E-state index >= 15 is 0 Å². The molecule has 2 aromatic heterocycles. The molecule has 1 aliphatic rings. The van der Waals surface area contributed by atoms with Crippen LogP contribution in [0.15, 0.2) is 60.9 Å². The molecular formula is C23H25N5O2. The van der Waals surface area contributed by atoms with Gasteiger partial charge in [-0.2, -0.15) is 0 Å². The van der Waals surface area contributed by atoms with Crippen LogP contribution in [0, 0.1) is 0 Å². The molecule has 0 unspecified atom stereocenters. The molecule has 0 radical (unpaired) electrons. The minimum Gasteiger partial charge on any atom is -0.497 e. The number of benzene rings is 1. The number of anilines is 1. The van der Waals surface area contributed by atoms with E-state index in [2.05, 4.69) is 20.1 Å². The van der Waals surface area contributed by atoms with E-state index in [4.69, 9.17) is 4.74 Å². The standard InChI is InChI=1S/C23H25N5O2/c1-30-20-5-2-18(3-6-20)4-9-23(29)28-16-14-27(15-17-28)22-8-7-21(25-26-22)19-10-12-24-13-11-19/h2-3,5-8,10-13H,4,9,14-17H2,1H3. The molecule has 1 saturated heterocycles. The molecule has 0 saturated carbocycles. The third-order valence-electron chi connectivity index (χ3n) is 5.37. The SMILES string of the molecule is COc1ccc(CCC(=O)N2CCN(c3ccc(-c4ccncc4)nn3)CC2)cc1. The van der Waals surface area contributed by atoms with Gasteiger partial charge in [0.05, 0.1) is 12.8 Å². The Morgan fingerprint density at radius 1 is 0.933 bits per heavy atom. The van der Waals surface area contributed by atoms with Crippen molar-refractivity contribution in [3.8, 4) is 17.0 Å². The van der Waals surface area contributed by atoms with Crippen molar-refractivity contribution in [3.63, 3.8) is 0 Å². The molecule has 7 heteroatoms. The van der Waals surface area contributed by atoms with Crippen molar-refractivity contribution in [2.24, 2.45) is 0 Å². The molecule has 154 valence electrons. The van der Waals surface area contributed by atoms with Gasteiger partial charge in [-0.15, -0.1) is 10.2 Å². The van der Waals surface area contributed by atoms with Gasteiger partial charge in [-0.3, -0.25) is 9.78 Å². The zero-order valence-electron chi connectivity index (χ0n) is 17.1. The molecule has 3 aromatic rings. The second kappa shape index (κ2) is 9.35. The van der Waals surface area contributed by atoms with Gasteiger partial charge in [0.2, 0.25) is 5.91 Å². The maximum absolute atomic E-state index is 12.6. The fourth-order valence-electron chi connectivity index (χ4n) is 3.56. The zero-order valence-corrected chi connectivity index (χ0v) is 17.1. The number of rotatable bonds is 6. The highest BCUT2D eigenvalue weighted by Crippen LogP contribution is 2.19. The number of amides is 1. The molecule has 0 N–H and O–H groups in total. The smallest absolute Gasteiger partial charge is 0.223 e. The first-order chi connectivity index (χ1) is 14.7. The molecule has 1 aliphatic heterocycles. The highest BCUT2D eigenvalue weighted by atomic mass is 16.5. The molecule has 4 rings (SSSR count). The summed E-state index contributed by atoms with van der Waals surface area (Å²) >= 11 is 0. The van der Waals surface area contributed by atoms with Crippen LogP contribution in [-0.2, 0) is 11.2 Å². The number of nitrogens with zero attached hydrogens (tertiary/aromatic N) is 5. The van der Waals surface area contributed by atoms with E-state index in [1.807, 2.05) is 53.4 Å². The Labute approximate surface area is 176 Å². The van der Waals surface area contributed by atoms with E-state index in [1.54, 1.807) is 19.5 Å². The van der Waals surface area contributed by atoms with E-state index in [0.717, 1.165) is 47.9 Å². The van der Waals surface area contributed by atoms with Gasteiger partial charge in [0.1, 0.15) is 5.75 Å². The van der Waals surface area contributed by atoms with Gasteiger partial charge >= 0.3 is 0 Å². The van der Waals surface area contributed by atoms with Crippen LogP contribution in [0.5, 0.6) is 5.75 Å². The predicted octanol–water partition coefficient (Wildman–Crippen LogP) is 2.83. The Kier molecular flexibility index (Phi) is 6.17. The highest BCUT2D eigenvalue weighted by Gasteiger charge is 2.22. The van der Waals surface area contributed by atoms with Crippen LogP contribution in [0.25, 0.3) is 11.3 Å². The van der Waals surface area contributed by atoms with Crippen LogP contribution < -0.4 is 9.64 Å². The van der Waals surface area contributed by atoms with Crippen molar-refractivity contribution in [3.05, 3.63) is 66.5 Å². The minimum absolute atomic E-state index is 0.199. The van der Waals surface area contributed by atoms with Crippen LogP contribution in [-0.4, -0.2) is 59.3 Å². The third-order valence-corrected chi connectivity index (χ3v) is 5.37. The monoisotopic (exact) mass is 403 g/mol. The number of carbonyl (C=O) groups is 1. The number of pyridine rings is 1. The Balaban J connectivity index is 1.27. The maximum atomic E-state index is 12.6. The van der Waals surface area contributed by atoms with E-state index in [0.29, 0.717) is 19.5 Å². The summed E-state index contributed by atoms with van der Waals surface area (Å²) in [4.78, 5) is 20.7. The van der Waals surface area contributed by atoms with Crippen LogP contribution in [0.1, 0.15) is 12.0 Å². The van der Waals surface area contributed by atoms with Crippen molar-refractivity contribution >= 4 is 11.7 Å². The van der Waals surface area contributed by atoms with E-state index in [-0.39, 0.29) is 5.91 Å². The molecule has 3 heterocycles. The van der Waals surface area contributed by atoms with E-state index < -0.39 is 0 Å². The molecule has 0 aliphatic carbocycles. The number of aryl methyl sites for hydroxylation is 1. The molecule has 7 nitrogen and oxygen atoms in total. The molecule has 30 heavy (non-hydrogen) atoms. The van der Waals surface area contributed by atoms with Crippen LogP contribution in [0.3, 0.4) is 0 Å². The van der Waals surface area contributed by atoms with Gasteiger partial charge in [0.25, 0.3) is 0 Å². The lowest BCUT2D eigenvalue weighted by atomic mass is 10.1. The summed E-state index contributed by atoms with van der Waals surface area (Å²) in [6.45, 7) is 2.93. The fourth-order valence-corrected chi connectivity index (χ4v) is 3.56. The Morgan fingerprint density at radius 2 is 1.67 bits per heavy atom. The van der Waals surface area contributed by atoms with Crippen LogP contribution in [0.4, 0.5) is 5.82 Å². The highest BCUT2D eigenvalue weighted by molar-refractivity contribution is 5.76. The summed E-state index contributed by atoms with van der Waals surface area (Å²) < 4.78 is 5.17. The lowest BCUT2D eigenvalue weighted by Crippen LogP contribution is -2.49. The minimum atomic E-state index is 0.199. The number of aromatic nitrogens is 3. The summed E-state index contributed by atoms with van der Waals surface area (Å²) in [6.07, 6.45) is 4.75. The van der Waals surface area contributed by atoms with Crippen LogP contribution in [0.2, 0.25) is 0 Å². The first-order valence-electron chi connectivity index (χ1n) is 10.1. The molecule has 0 spiro atoms. The Morgan fingerprint density at radius 3 is 2.30 bits per heavy atom. The van der Waals surface area contributed by atoms with Gasteiger partial charge in [0.15, 0.2) is 5.82 Å². The lowest BCUT2D eigenvalue weighted by molar-refractivity contribution is -0.131. The number of carbonyl (C=O) groups excluding carboxylic acids is 1. The summed E-state index contributed by atoms with van der Waals surface area (Å²) in [5, 5.41) is 8.73. The van der Waals surface area contributed by atoms with Crippen molar-refractivity contribution < 1.29 is 9.53 Å². The quantitative estimate of drug-likeness (QED) is 0.630. The number of piperazine rings is 1. The largest absolute Gasteiger partial charge is 0.497 e. The molecule has 0 bridgehead atoms. The second-order valence-electron chi connectivity index (χ2n) is 7.23. The van der Waals surface area contributed by atoms with E-state index in [1.165, 1.54) is 0 Å². The average molecular weight is 403 g/mol. The first kappa shape index (κ1) is 19.8. The summed E-state index contributed by atoms with van der Waals surface area (Å²) in [5.74, 6) is 1.88. The van der Waals surface area contributed by atoms with Crippen LogP contribution >= 0.6 is 0 Å². The van der Waals surface area contributed by atoms with E-state index in [9.17, 15) is 4.79 Å². The number of ether oxygens (including phenoxy) is 1. The van der Waals surface area contributed by atoms with Crippen molar-refractivity contribution in [1.82, 2.24) is 20.1 Å². The third kappa shape index (κ3) is 4.74. The summed E-state index contributed by atoms with van der Waals surface area (Å²) in [5.41, 5.74) is 2.97. The molecule has 0 atom stereocenters. The maximum Gasteiger partial charge on any atom is 0.223 e. The molecule has 1 fully saturated rings. The molecular weight excluding hydrogens is 378 g/mol. The fraction of sp³-hybridized carbons (Fsp3) is 0.304. The van der Waals surface area contributed by atoms with Gasteiger partial charge in [0, 0.05) is 50.6 Å². The van der Waals surface area contributed by atoms with Gasteiger partial charge in [-0.1, -0.05) is 12.1 Å². The number of hydrogen-bond donors (Lipinski definition) is 0. The van der Waals surface area contributed by atoms with Gasteiger partial charge in [-0.25, -0.2) is 0 Å². The predicted molar refractivity (Wildman–Crippen MR) is 115 cm³/mol. The Bertz CT molecular complexity index is 953. The lowest BCUT2D eigenvalue weighted by Gasteiger charge is -2.35. The summed E-state index contributed by atoms with van der Waals surface area (Å²) in [6, 6.07) is 15.7. The average Bonchev–Trinajstić information content (AvgIpc) is 2.83. The first-order valence-corrected chi connectivity index (χ1v) is 10.1. The normalized spacial score (nSPS) is 13.9. The van der Waals surface area contributed by atoms with Gasteiger partial charge < -0.3 is 14.5 Å². The summed E-state index contributed by atoms with van der Waals surface area (Å²) in [7, 11) is 1.65. The zero-order chi connectivity index (χ0) is 20.8. The van der Waals surface area contributed by atoms with Crippen molar-refractivity contribution in [2.75, 3.05) is 38.2 Å². The molecule has 1 amide bonds.